The SMILES string of the molecule is CC(C)(C)OC(=O)N(c1noc2cc(Br)ccc12)C(C)(C)C. The van der Waals surface area contributed by atoms with Crippen molar-refractivity contribution in [1.29, 1.82) is 0 Å². The molecule has 0 aliphatic rings. The van der Waals surface area contributed by atoms with E-state index in [2.05, 4.69) is 21.1 Å². The first-order valence-corrected chi connectivity index (χ1v) is 7.86. The first kappa shape index (κ1) is 16.8. The molecule has 0 saturated heterocycles. The third kappa shape index (κ3) is 3.61. The highest BCUT2D eigenvalue weighted by atomic mass is 79.9. The van der Waals surface area contributed by atoms with Gasteiger partial charge >= 0.3 is 6.09 Å². The molecule has 2 rings (SSSR count). The Bertz CT molecular complexity index is 695. The first-order chi connectivity index (χ1) is 9.99. The molecule has 0 radical (unpaired) electrons. The van der Waals surface area contributed by atoms with Crippen molar-refractivity contribution in [3.8, 4) is 0 Å². The molecule has 0 aliphatic heterocycles. The molecule has 6 heteroatoms. The van der Waals surface area contributed by atoms with Gasteiger partial charge in [-0.15, -0.1) is 0 Å². The van der Waals surface area contributed by atoms with Crippen LogP contribution in [0.1, 0.15) is 41.5 Å². The number of hydrogen-bond donors (Lipinski definition) is 0. The second-order valence-electron chi connectivity index (χ2n) is 7.13. The fourth-order valence-electron chi connectivity index (χ4n) is 2.04. The molecular weight excluding hydrogens is 348 g/mol. The second kappa shape index (κ2) is 5.57. The number of aromatic nitrogens is 1. The predicted octanol–water partition coefficient (Wildman–Crippen LogP) is 5.13. The summed E-state index contributed by atoms with van der Waals surface area (Å²) in [6, 6.07) is 5.58. The first-order valence-electron chi connectivity index (χ1n) is 7.07. The molecule has 22 heavy (non-hydrogen) atoms. The number of halogens is 1. The van der Waals surface area contributed by atoms with Crippen LogP contribution < -0.4 is 4.90 Å². The highest BCUT2D eigenvalue weighted by Crippen LogP contribution is 2.33. The molecule has 1 amide bonds. The number of rotatable bonds is 1. The fraction of sp³-hybridized carbons (Fsp3) is 0.500. The summed E-state index contributed by atoms with van der Waals surface area (Å²) in [6.45, 7) is 11.3. The molecule has 0 unspecified atom stereocenters. The summed E-state index contributed by atoms with van der Waals surface area (Å²) in [6.07, 6.45) is -0.446. The van der Waals surface area contributed by atoms with Crippen LogP contribution >= 0.6 is 15.9 Å². The summed E-state index contributed by atoms with van der Waals surface area (Å²) in [4.78, 5) is 14.2. The van der Waals surface area contributed by atoms with Crippen molar-refractivity contribution in [2.45, 2.75) is 52.7 Å². The summed E-state index contributed by atoms with van der Waals surface area (Å²) < 4.78 is 11.8. The Labute approximate surface area is 138 Å². The maximum absolute atomic E-state index is 12.6. The highest BCUT2D eigenvalue weighted by molar-refractivity contribution is 9.10. The van der Waals surface area contributed by atoms with Gasteiger partial charge in [0.05, 0.1) is 5.39 Å². The van der Waals surface area contributed by atoms with Gasteiger partial charge in [-0.05, 0) is 59.7 Å². The van der Waals surface area contributed by atoms with E-state index in [9.17, 15) is 4.79 Å². The number of hydrogen-bond acceptors (Lipinski definition) is 4. The molecule has 5 nitrogen and oxygen atoms in total. The Hall–Kier alpha value is -1.56. The fourth-order valence-corrected chi connectivity index (χ4v) is 2.38. The van der Waals surface area contributed by atoms with Crippen molar-refractivity contribution < 1.29 is 14.1 Å². The van der Waals surface area contributed by atoms with Crippen molar-refractivity contribution in [2.24, 2.45) is 0 Å². The van der Waals surface area contributed by atoms with Crippen LogP contribution in [0.2, 0.25) is 0 Å². The maximum atomic E-state index is 12.6. The minimum Gasteiger partial charge on any atom is -0.443 e. The Morgan fingerprint density at radius 3 is 2.41 bits per heavy atom. The number of carbonyl (C=O) groups excluding carboxylic acids is 1. The quantitative estimate of drug-likeness (QED) is 0.699. The Kier molecular flexibility index (Phi) is 4.26. The number of carbonyl (C=O) groups is 1. The lowest BCUT2D eigenvalue weighted by molar-refractivity contribution is 0.0548. The zero-order valence-electron chi connectivity index (χ0n) is 13.7. The molecule has 0 N–H and O–H groups in total. The topological polar surface area (TPSA) is 55.6 Å². The van der Waals surface area contributed by atoms with E-state index in [0.717, 1.165) is 9.86 Å². The van der Waals surface area contributed by atoms with Crippen LogP contribution in [0.3, 0.4) is 0 Å². The molecule has 0 fully saturated rings. The van der Waals surface area contributed by atoms with Crippen LogP contribution in [0.4, 0.5) is 10.6 Å². The average Bonchev–Trinajstić information content (AvgIpc) is 2.67. The monoisotopic (exact) mass is 368 g/mol. The van der Waals surface area contributed by atoms with Gasteiger partial charge in [0, 0.05) is 10.0 Å². The number of anilines is 1. The molecule has 2 aromatic rings. The van der Waals surface area contributed by atoms with Crippen LogP contribution in [0.5, 0.6) is 0 Å². The van der Waals surface area contributed by atoms with Gasteiger partial charge in [-0.1, -0.05) is 21.1 Å². The molecule has 0 aliphatic carbocycles. The number of fused-ring (bicyclic) bond motifs is 1. The summed E-state index contributed by atoms with van der Waals surface area (Å²) in [5.74, 6) is 0.462. The third-order valence-electron chi connectivity index (χ3n) is 2.87. The van der Waals surface area contributed by atoms with Crippen molar-refractivity contribution >= 4 is 38.8 Å². The van der Waals surface area contributed by atoms with E-state index in [1.807, 2.05) is 59.7 Å². The lowest BCUT2D eigenvalue weighted by atomic mass is 10.1. The highest BCUT2D eigenvalue weighted by Gasteiger charge is 2.35. The summed E-state index contributed by atoms with van der Waals surface area (Å²) in [5, 5.41) is 4.85. The van der Waals surface area contributed by atoms with E-state index in [0.29, 0.717) is 11.4 Å². The van der Waals surface area contributed by atoms with Crippen LogP contribution in [0.15, 0.2) is 27.2 Å². The summed E-state index contributed by atoms with van der Waals surface area (Å²) >= 11 is 3.39. The summed E-state index contributed by atoms with van der Waals surface area (Å²) in [5.41, 5.74) is -0.468. The number of ether oxygens (including phenoxy) is 1. The minimum atomic E-state index is -0.580. The predicted molar refractivity (Wildman–Crippen MR) is 90.2 cm³/mol. The van der Waals surface area contributed by atoms with Gasteiger partial charge in [0.2, 0.25) is 0 Å². The Balaban J connectivity index is 2.51. The zero-order chi connectivity index (χ0) is 16.7. The molecule has 1 heterocycles. The lowest BCUT2D eigenvalue weighted by Crippen LogP contribution is -2.48. The van der Waals surface area contributed by atoms with Gasteiger partial charge in [-0.2, -0.15) is 0 Å². The van der Waals surface area contributed by atoms with Gasteiger partial charge in [-0.25, -0.2) is 4.79 Å². The molecular formula is C16H21BrN2O3. The van der Waals surface area contributed by atoms with E-state index in [-0.39, 0.29) is 0 Å². The van der Waals surface area contributed by atoms with E-state index in [1.54, 1.807) is 0 Å². The van der Waals surface area contributed by atoms with E-state index < -0.39 is 17.2 Å². The molecule has 0 saturated carbocycles. The van der Waals surface area contributed by atoms with Gasteiger partial charge < -0.3 is 9.26 Å². The van der Waals surface area contributed by atoms with Gasteiger partial charge in [-0.3, -0.25) is 4.90 Å². The number of amides is 1. The van der Waals surface area contributed by atoms with E-state index >= 15 is 0 Å². The minimum absolute atomic E-state index is 0.446. The van der Waals surface area contributed by atoms with Crippen LogP contribution in [0, 0.1) is 0 Å². The second-order valence-corrected chi connectivity index (χ2v) is 8.05. The van der Waals surface area contributed by atoms with Crippen LogP contribution in [0.25, 0.3) is 11.0 Å². The molecule has 0 bridgehead atoms. The average molecular weight is 369 g/mol. The lowest BCUT2D eigenvalue weighted by Gasteiger charge is -2.35. The maximum Gasteiger partial charge on any atom is 0.416 e. The Morgan fingerprint density at radius 1 is 1.23 bits per heavy atom. The van der Waals surface area contributed by atoms with Crippen molar-refractivity contribution in [3.63, 3.8) is 0 Å². The van der Waals surface area contributed by atoms with Gasteiger partial charge in [0.15, 0.2) is 11.4 Å². The largest absolute Gasteiger partial charge is 0.443 e. The smallest absolute Gasteiger partial charge is 0.416 e. The molecule has 0 spiro atoms. The van der Waals surface area contributed by atoms with Crippen molar-refractivity contribution in [3.05, 3.63) is 22.7 Å². The number of nitrogens with zero attached hydrogens (tertiary/aromatic N) is 2. The van der Waals surface area contributed by atoms with Gasteiger partial charge in [0.25, 0.3) is 0 Å². The van der Waals surface area contributed by atoms with Crippen molar-refractivity contribution in [1.82, 2.24) is 5.16 Å². The Morgan fingerprint density at radius 2 is 1.86 bits per heavy atom. The third-order valence-corrected chi connectivity index (χ3v) is 3.37. The zero-order valence-corrected chi connectivity index (χ0v) is 15.3. The van der Waals surface area contributed by atoms with Crippen LogP contribution in [-0.2, 0) is 4.74 Å². The summed E-state index contributed by atoms with van der Waals surface area (Å²) in [7, 11) is 0. The van der Waals surface area contributed by atoms with E-state index in [1.165, 1.54) is 4.90 Å². The normalized spacial score (nSPS) is 12.5. The van der Waals surface area contributed by atoms with Crippen molar-refractivity contribution in [2.75, 3.05) is 4.90 Å². The van der Waals surface area contributed by atoms with Gasteiger partial charge in [0.1, 0.15) is 5.60 Å². The molecule has 0 atom stereocenters. The van der Waals surface area contributed by atoms with Crippen LogP contribution in [-0.4, -0.2) is 22.4 Å². The van der Waals surface area contributed by atoms with E-state index in [4.69, 9.17) is 9.26 Å². The number of benzene rings is 1. The molecule has 120 valence electrons. The molecule has 1 aromatic heterocycles. The molecule has 1 aromatic carbocycles. The standard InChI is InChI=1S/C16H21BrN2O3/c1-15(2,3)19(14(20)21-16(4,5)6)13-11-8-7-10(17)9-12(11)22-18-13/h7-9H,1-6H3.